The molecular formula is C12H17FN2O. The third-order valence-corrected chi connectivity index (χ3v) is 2.23. The van der Waals surface area contributed by atoms with Gasteiger partial charge in [-0.1, -0.05) is 6.07 Å². The molecule has 0 bridgehead atoms. The third-order valence-electron chi connectivity index (χ3n) is 2.23. The summed E-state index contributed by atoms with van der Waals surface area (Å²) in [7, 11) is 0. The molecule has 88 valence electrons. The van der Waals surface area contributed by atoms with Gasteiger partial charge in [-0.2, -0.15) is 0 Å². The summed E-state index contributed by atoms with van der Waals surface area (Å²) in [6, 6.07) is 4.69. The van der Waals surface area contributed by atoms with Gasteiger partial charge in [0.2, 0.25) is 5.91 Å². The van der Waals surface area contributed by atoms with Gasteiger partial charge >= 0.3 is 0 Å². The number of carbonyl (C=O) groups is 1. The van der Waals surface area contributed by atoms with Gasteiger partial charge in [0.15, 0.2) is 0 Å². The van der Waals surface area contributed by atoms with Crippen LogP contribution in [0.25, 0.3) is 0 Å². The monoisotopic (exact) mass is 224 g/mol. The van der Waals surface area contributed by atoms with E-state index >= 15 is 0 Å². The van der Waals surface area contributed by atoms with E-state index in [0.29, 0.717) is 12.8 Å². The zero-order valence-electron chi connectivity index (χ0n) is 9.59. The minimum Gasteiger partial charge on any atom is -0.328 e. The van der Waals surface area contributed by atoms with Crippen molar-refractivity contribution in [1.29, 1.82) is 0 Å². The molecule has 4 heteroatoms. The Morgan fingerprint density at radius 2 is 2.25 bits per heavy atom. The summed E-state index contributed by atoms with van der Waals surface area (Å²) in [6.45, 7) is 3.63. The maximum Gasteiger partial charge on any atom is 0.224 e. The SMILES string of the molecule is Cc1ccc(NC(=O)CCC(C)N)c(F)c1. The lowest BCUT2D eigenvalue weighted by molar-refractivity contribution is -0.116. The summed E-state index contributed by atoms with van der Waals surface area (Å²) in [4.78, 5) is 11.4. The highest BCUT2D eigenvalue weighted by atomic mass is 19.1. The summed E-state index contributed by atoms with van der Waals surface area (Å²) in [5.41, 5.74) is 6.58. The van der Waals surface area contributed by atoms with E-state index in [9.17, 15) is 9.18 Å². The Hall–Kier alpha value is -1.42. The first-order valence-corrected chi connectivity index (χ1v) is 5.30. The fourth-order valence-corrected chi connectivity index (χ4v) is 1.29. The van der Waals surface area contributed by atoms with Crippen LogP contribution in [0.2, 0.25) is 0 Å². The molecule has 0 fully saturated rings. The number of hydrogen-bond donors (Lipinski definition) is 2. The number of nitrogens with two attached hydrogens (primary N) is 1. The van der Waals surface area contributed by atoms with Gasteiger partial charge in [-0.05, 0) is 38.0 Å². The predicted molar refractivity (Wildman–Crippen MR) is 62.7 cm³/mol. The van der Waals surface area contributed by atoms with Crippen LogP contribution in [0.4, 0.5) is 10.1 Å². The largest absolute Gasteiger partial charge is 0.328 e. The van der Waals surface area contributed by atoms with Gasteiger partial charge < -0.3 is 11.1 Å². The number of hydrogen-bond acceptors (Lipinski definition) is 2. The van der Waals surface area contributed by atoms with Crippen molar-refractivity contribution >= 4 is 11.6 Å². The molecule has 0 spiro atoms. The number of halogens is 1. The molecule has 0 saturated carbocycles. The fraction of sp³-hybridized carbons (Fsp3) is 0.417. The molecule has 0 radical (unpaired) electrons. The molecule has 16 heavy (non-hydrogen) atoms. The molecule has 0 aliphatic heterocycles. The van der Waals surface area contributed by atoms with E-state index in [-0.39, 0.29) is 17.6 Å². The molecule has 1 aromatic rings. The summed E-state index contributed by atoms with van der Waals surface area (Å²) in [5.74, 6) is -0.616. The standard InChI is InChI=1S/C12H17FN2O/c1-8-3-5-11(10(13)7-8)15-12(16)6-4-9(2)14/h3,5,7,9H,4,6,14H2,1-2H3,(H,15,16). The van der Waals surface area contributed by atoms with E-state index in [2.05, 4.69) is 5.32 Å². The smallest absolute Gasteiger partial charge is 0.224 e. The van der Waals surface area contributed by atoms with Crippen molar-refractivity contribution in [2.75, 3.05) is 5.32 Å². The number of aryl methyl sites for hydroxylation is 1. The Labute approximate surface area is 94.8 Å². The number of carbonyl (C=O) groups excluding carboxylic acids is 1. The minimum atomic E-state index is -0.408. The molecule has 0 aliphatic rings. The molecular weight excluding hydrogens is 207 g/mol. The van der Waals surface area contributed by atoms with Gasteiger partial charge in [0.05, 0.1) is 5.69 Å². The Bertz CT molecular complexity index is 377. The summed E-state index contributed by atoms with van der Waals surface area (Å²) >= 11 is 0. The van der Waals surface area contributed by atoms with Gasteiger partial charge in [-0.15, -0.1) is 0 Å². The van der Waals surface area contributed by atoms with Crippen LogP contribution < -0.4 is 11.1 Å². The Morgan fingerprint density at radius 3 is 2.81 bits per heavy atom. The molecule has 0 saturated heterocycles. The quantitative estimate of drug-likeness (QED) is 0.823. The van der Waals surface area contributed by atoms with Crippen molar-refractivity contribution < 1.29 is 9.18 Å². The molecule has 0 aliphatic carbocycles. The van der Waals surface area contributed by atoms with Crippen molar-refractivity contribution in [2.45, 2.75) is 32.7 Å². The van der Waals surface area contributed by atoms with Gasteiger partial charge in [-0.3, -0.25) is 4.79 Å². The summed E-state index contributed by atoms with van der Waals surface area (Å²) < 4.78 is 13.4. The highest BCUT2D eigenvalue weighted by Crippen LogP contribution is 2.15. The second-order valence-electron chi connectivity index (χ2n) is 4.05. The highest BCUT2D eigenvalue weighted by Gasteiger charge is 2.07. The first-order valence-electron chi connectivity index (χ1n) is 5.30. The Kier molecular flexibility index (Phi) is 4.43. The molecule has 1 unspecified atom stereocenters. The van der Waals surface area contributed by atoms with E-state index in [1.807, 2.05) is 6.92 Å². The number of amides is 1. The van der Waals surface area contributed by atoms with Crippen LogP contribution in [0.5, 0.6) is 0 Å². The number of benzene rings is 1. The molecule has 0 aromatic heterocycles. The van der Waals surface area contributed by atoms with Gasteiger partial charge in [0.25, 0.3) is 0 Å². The first kappa shape index (κ1) is 12.6. The van der Waals surface area contributed by atoms with Crippen molar-refractivity contribution in [2.24, 2.45) is 5.73 Å². The predicted octanol–water partition coefficient (Wildman–Crippen LogP) is 2.20. The average molecular weight is 224 g/mol. The molecule has 3 N–H and O–H groups in total. The second-order valence-corrected chi connectivity index (χ2v) is 4.05. The lowest BCUT2D eigenvalue weighted by atomic mass is 10.2. The maximum atomic E-state index is 13.4. The van der Waals surface area contributed by atoms with E-state index in [1.54, 1.807) is 19.1 Å². The van der Waals surface area contributed by atoms with Crippen LogP contribution in [-0.4, -0.2) is 11.9 Å². The number of nitrogens with one attached hydrogen (secondary N) is 1. The van der Waals surface area contributed by atoms with Crippen LogP contribution >= 0.6 is 0 Å². The zero-order valence-corrected chi connectivity index (χ0v) is 9.59. The molecule has 1 rings (SSSR count). The van der Waals surface area contributed by atoms with E-state index < -0.39 is 5.82 Å². The van der Waals surface area contributed by atoms with Crippen LogP contribution in [0.3, 0.4) is 0 Å². The van der Waals surface area contributed by atoms with Gasteiger partial charge in [0.1, 0.15) is 5.82 Å². The van der Waals surface area contributed by atoms with Crippen molar-refractivity contribution in [3.05, 3.63) is 29.6 Å². The summed E-state index contributed by atoms with van der Waals surface area (Å²) in [6.07, 6.45) is 0.907. The number of anilines is 1. The van der Waals surface area contributed by atoms with Crippen LogP contribution in [-0.2, 0) is 4.79 Å². The van der Waals surface area contributed by atoms with Gasteiger partial charge in [-0.25, -0.2) is 4.39 Å². The maximum absolute atomic E-state index is 13.4. The molecule has 1 amide bonds. The second kappa shape index (κ2) is 5.61. The minimum absolute atomic E-state index is 0.0198. The van der Waals surface area contributed by atoms with Gasteiger partial charge in [0, 0.05) is 12.5 Å². The molecule has 1 aromatic carbocycles. The van der Waals surface area contributed by atoms with Crippen molar-refractivity contribution in [1.82, 2.24) is 0 Å². The zero-order chi connectivity index (χ0) is 12.1. The van der Waals surface area contributed by atoms with E-state index in [4.69, 9.17) is 5.73 Å². The molecule has 0 heterocycles. The van der Waals surface area contributed by atoms with Crippen LogP contribution in [0, 0.1) is 12.7 Å². The first-order chi connectivity index (χ1) is 7.49. The third kappa shape index (κ3) is 3.98. The van der Waals surface area contributed by atoms with Crippen molar-refractivity contribution in [3.8, 4) is 0 Å². The Balaban J connectivity index is 2.56. The van der Waals surface area contributed by atoms with Crippen LogP contribution in [0.15, 0.2) is 18.2 Å². The fourth-order valence-electron chi connectivity index (χ4n) is 1.29. The number of rotatable bonds is 4. The van der Waals surface area contributed by atoms with E-state index in [1.165, 1.54) is 6.07 Å². The molecule has 3 nitrogen and oxygen atoms in total. The average Bonchev–Trinajstić information content (AvgIpc) is 2.19. The Morgan fingerprint density at radius 1 is 1.56 bits per heavy atom. The summed E-state index contributed by atoms with van der Waals surface area (Å²) in [5, 5.41) is 2.52. The lowest BCUT2D eigenvalue weighted by Gasteiger charge is -2.08. The lowest BCUT2D eigenvalue weighted by Crippen LogP contribution is -2.19. The highest BCUT2D eigenvalue weighted by molar-refractivity contribution is 5.90. The van der Waals surface area contributed by atoms with E-state index in [0.717, 1.165) is 5.56 Å². The topological polar surface area (TPSA) is 55.1 Å². The van der Waals surface area contributed by atoms with Crippen molar-refractivity contribution in [3.63, 3.8) is 0 Å². The molecule has 1 atom stereocenters. The van der Waals surface area contributed by atoms with Crippen LogP contribution in [0.1, 0.15) is 25.3 Å². The normalized spacial score (nSPS) is 12.2.